The molecule has 64 valence electrons. The summed E-state index contributed by atoms with van der Waals surface area (Å²) in [4.78, 5) is 10.9. The molecule has 0 heterocycles. The van der Waals surface area contributed by atoms with Crippen molar-refractivity contribution in [1.29, 1.82) is 0 Å². The highest BCUT2D eigenvalue weighted by molar-refractivity contribution is 6.76. The Kier molecular flexibility index (Phi) is 2.90. The van der Waals surface area contributed by atoms with E-state index in [2.05, 4.69) is 5.32 Å². The molecule has 0 atom stereocenters. The number of hydrogen-bond acceptors (Lipinski definition) is 1. The summed E-state index contributed by atoms with van der Waals surface area (Å²) in [6, 6.07) is 0. The fourth-order valence-corrected chi connectivity index (χ4v) is 0.860. The van der Waals surface area contributed by atoms with Gasteiger partial charge in [-0.3, -0.25) is 4.79 Å². The van der Waals surface area contributed by atoms with Crippen molar-refractivity contribution in [3.8, 4) is 0 Å². The normalized spacial score (nSPS) is 18.1. The van der Waals surface area contributed by atoms with E-state index in [1.807, 2.05) is 0 Å². The standard InChI is InChI=1S/C6H8Cl3NO/c7-6(8,9)5(11)10-3-4-1-2-4/h4H,1-3H2,(H,10,11). The first-order chi connectivity index (χ1) is 5.00. The fraction of sp³-hybridized carbons (Fsp3) is 0.833. The molecule has 0 saturated heterocycles. The smallest absolute Gasteiger partial charge is 0.272 e. The number of carbonyl (C=O) groups excluding carboxylic acids is 1. The molecular weight excluding hydrogens is 208 g/mol. The molecule has 1 aliphatic carbocycles. The summed E-state index contributed by atoms with van der Waals surface area (Å²) in [7, 11) is 0. The maximum absolute atomic E-state index is 10.9. The minimum atomic E-state index is -1.81. The Hall–Kier alpha value is 0.340. The largest absolute Gasteiger partial charge is 0.352 e. The van der Waals surface area contributed by atoms with Gasteiger partial charge in [0.25, 0.3) is 9.70 Å². The van der Waals surface area contributed by atoms with E-state index >= 15 is 0 Å². The Morgan fingerprint density at radius 1 is 1.45 bits per heavy atom. The third kappa shape index (κ3) is 3.50. The van der Waals surface area contributed by atoms with Crippen molar-refractivity contribution in [3.63, 3.8) is 0 Å². The van der Waals surface area contributed by atoms with Gasteiger partial charge in [0.15, 0.2) is 0 Å². The minimum absolute atomic E-state index is 0.533. The molecule has 0 radical (unpaired) electrons. The van der Waals surface area contributed by atoms with Crippen molar-refractivity contribution in [2.75, 3.05) is 6.54 Å². The molecule has 0 bridgehead atoms. The Morgan fingerprint density at radius 2 is 2.00 bits per heavy atom. The van der Waals surface area contributed by atoms with E-state index < -0.39 is 9.70 Å². The molecule has 1 N–H and O–H groups in total. The van der Waals surface area contributed by atoms with Gasteiger partial charge in [0, 0.05) is 6.54 Å². The lowest BCUT2D eigenvalue weighted by Gasteiger charge is -2.10. The van der Waals surface area contributed by atoms with E-state index in [4.69, 9.17) is 34.8 Å². The van der Waals surface area contributed by atoms with Gasteiger partial charge in [0.05, 0.1) is 0 Å². The zero-order valence-corrected chi connectivity index (χ0v) is 8.01. The molecule has 1 aliphatic rings. The van der Waals surface area contributed by atoms with Gasteiger partial charge in [-0.2, -0.15) is 0 Å². The Bertz CT molecular complexity index is 162. The lowest BCUT2D eigenvalue weighted by atomic mass is 10.4. The third-order valence-corrected chi connectivity index (χ3v) is 2.02. The lowest BCUT2D eigenvalue weighted by molar-refractivity contribution is -0.120. The number of carbonyl (C=O) groups is 1. The van der Waals surface area contributed by atoms with Gasteiger partial charge in [0.1, 0.15) is 0 Å². The third-order valence-electron chi connectivity index (χ3n) is 1.51. The summed E-state index contributed by atoms with van der Waals surface area (Å²) in [5.74, 6) is 0.0701. The zero-order chi connectivity index (χ0) is 8.48. The Morgan fingerprint density at radius 3 is 2.36 bits per heavy atom. The van der Waals surface area contributed by atoms with Gasteiger partial charge in [-0.1, -0.05) is 34.8 Å². The van der Waals surface area contributed by atoms with Crippen molar-refractivity contribution in [3.05, 3.63) is 0 Å². The van der Waals surface area contributed by atoms with Crippen LogP contribution >= 0.6 is 34.8 Å². The van der Waals surface area contributed by atoms with E-state index in [0.29, 0.717) is 12.5 Å². The average Bonchev–Trinajstić information content (AvgIpc) is 2.62. The number of nitrogens with one attached hydrogen (secondary N) is 1. The van der Waals surface area contributed by atoms with Crippen LogP contribution in [0.5, 0.6) is 0 Å². The maximum atomic E-state index is 10.9. The molecule has 11 heavy (non-hydrogen) atoms. The van der Waals surface area contributed by atoms with E-state index in [9.17, 15) is 4.79 Å². The second-order valence-electron chi connectivity index (χ2n) is 2.65. The molecule has 0 aromatic heterocycles. The second kappa shape index (κ2) is 3.38. The van der Waals surface area contributed by atoms with E-state index in [1.54, 1.807) is 0 Å². The molecule has 1 fully saturated rings. The summed E-state index contributed by atoms with van der Waals surface area (Å²) in [6.45, 7) is 0.632. The predicted molar refractivity (Wildman–Crippen MR) is 46.0 cm³/mol. The summed E-state index contributed by atoms with van der Waals surface area (Å²) in [5, 5.41) is 2.55. The van der Waals surface area contributed by atoms with Crippen molar-refractivity contribution in [2.24, 2.45) is 5.92 Å². The molecule has 1 rings (SSSR count). The Labute approximate surface area is 80.2 Å². The average molecular weight is 216 g/mol. The monoisotopic (exact) mass is 215 g/mol. The predicted octanol–water partition coefficient (Wildman–Crippen LogP) is 1.88. The van der Waals surface area contributed by atoms with Gasteiger partial charge in [0.2, 0.25) is 0 Å². The molecule has 0 aromatic carbocycles. The van der Waals surface area contributed by atoms with Crippen LogP contribution < -0.4 is 5.32 Å². The summed E-state index contributed by atoms with van der Waals surface area (Å²) < 4.78 is -1.81. The topological polar surface area (TPSA) is 29.1 Å². The molecule has 0 unspecified atom stereocenters. The SMILES string of the molecule is O=C(NCC1CC1)C(Cl)(Cl)Cl. The molecule has 0 spiro atoms. The van der Waals surface area contributed by atoms with Gasteiger partial charge < -0.3 is 5.32 Å². The van der Waals surface area contributed by atoms with Crippen LogP contribution in [0.1, 0.15) is 12.8 Å². The number of alkyl halides is 3. The highest BCUT2D eigenvalue weighted by Crippen LogP contribution is 2.29. The van der Waals surface area contributed by atoms with Crippen molar-refractivity contribution in [2.45, 2.75) is 16.6 Å². The van der Waals surface area contributed by atoms with E-state index in [1.165, 1.54) is 12.8 Å². The lowest BCUT2D eigenvalue weighted by Crippen LogP contribution is -2.35. The van der Waals surface area contributed by atoms with Crippen LogP contribution in [0.15, 0.2) is 0 Å². The number of amides is 1. The summed E-state index contributed by atoms with van der Waals surface area (Å²) in [5.41, 5.74) is 0. The molecular formula is C6H8Cl3NO. The van der Waals surface area contributed by atoms with Crippen LogP contribution in [0.25, 0.3) is 0 Å². The summed E-state index contributed by atoms with van der Waals surface area (Å²) in [6.07, 6.45) is 2.33. The number of hydrogen-bond donors (Lipinski definition) is 1. The van der Waals surface area contributed by atoms with Crippen LogP contribution in [-0.4, -0.2) is 16.2 Å². The molecule has 1 saturated carbocycles. The zero-order valence-electron chi connectivity index (χ0n) is 5.74. The first kappa shape index (κ1) is 9.43. The van der Waals surface area contributed by atoms with Crippen LogP contribution in [0.2, 0.25) is 0 Å². The maximum Gasteiger partial charge on any atom is 0.272 e. The van der Waals surface area contributed by atoms with Gasteiger partial charge in [-0.05, 0) is 18.8 Å². The van der Waals surface area contributed by atoms with Crippen LogP contribution in [0.3, 0.4) is 0 Å². The van der Waals surface area contributed by atoms with Crippen molar-refractivity contribution >= 4 is 40.7 Å². The molecule has 0 aromatic rings. The molecule has 0 aliphatic heterocycles. The van der Waals surface area contributed by atoms with Gasteiger partial charge in [-0.15, -0.1) is 0 Å². The van der Waals surface area contributed by atoms with Crippen molar-refractivity contribution < 1.29 is 4.79 Å². The van der Waals surface area contributed by atoms with Crippen LogP contribution in [0, 0.1) is 5.92 Å². The Balaban J connectivity index is 2.19. The molecule has 5 heteroatoms. The highest BCUT2D eigenvalue weighted by atomic mass is 35.6. The first-order valence-corrected chi connectivity index (χ1v) is 4.48. The van der Waals surface area contributed by atoms with Crippen LogP contribution in [-0.2, 0) is 4.79 Å². The summed E-state index contributed by atoms with van der Waals surface area (Å²) >= 11 is 15.9. The quantitative estimate of drug-likeness (QED) is 0.702. The minimum Gasteiger partial charge on any atom is -0.352 e. The van der Waals surface area contributed by atoms with Crippen molar-refractivity contribution in [1.82, 2.24) is 5.32 Å². The molecule has 2 nitrogen and oxygen atoms in total. The fourth-order valence-electron chi connectivity index (χ4n) is 0.659. The van der Waals surface area contributed by atoms with E-state index in [-0.39, 0.29) is 0 Å². The first-order valence-electron chi connectivity index (χ1n) is 3.35. The number of halogens is 3. The second-order valence-corrected chi connectivity index (χ2v) is 4.93. The van der Waals surface area contributed by atoms with E-state index in [0.717, 1.165) is 0 Å². The number of rotatable bonds is 2. The molecule has 1 amide bonds. The highest BCUT2D eigenvalue weighted by Gasteiger charge is 2.32. The van der Waals surface area contributed by atoms with Gasteiger partial charge in [-0.25, -0.2) is 0 Å². The van der Waals surface area contributed by atoms with Gasteiger partial charge >= 0.3 is 0 Å². The van der Waals surface area contributed by atoms with Crippen LogP contribution in [0.4, 0.5) is 0 Å².